The van der Waals surface area contributed by atoms with Crippen LogP contribution in [-0.4, -0.2) is 26.8 Å². The van der Waals surface area contributed by atoms with Crippen molar-refractivity contribution in [2.24, 2.45) is 0 Å². The van der Waals surface area contributed by atoms with E-state index in [4.69, 9.17) is 0 Å². The highest BCUT2D eigenvalue weighted by molar-refractivity contribution is 9.10. The highest BCUT2D eigenvalue weighted by Gasteiger charge is 2.07. The second-order valence-corrected chi connectivity index (χ2v) is 7.39. The second-order valence-electron chi connectivity index (χ2n) is 6.47. The summed E-state index contributed by atoms with van der Waals surface area (Å²) in [6.07, 6.45) is 3.42. The number of hydrogen-bond acceptors (Lipinski definition) is 5. The summed E-state index contributed by atoms with van der Waals surface area (Å²) in [5, 5.41) is 7.68. The van der Waals surface area contributed by atoms with E-state index in [-0.39, 0.29) is 5.56 Å². The van der Waals surface area contributed by atoms with Gasteiger partial charge in [0.15, 0.2) is 5.82 Å². The Morgan fingerprint density at radius 1 is 0.966 bits per heavy atom. The third kappa shape index (κ3) is 4.41. The Labute approximate surface area is 176 Å². The molecule has 0 saturated heterocycles. The molecule has 0 atom stereocenters. The van der Waals surface area contributed by atoms with Crippen molar-refractivity contribution in [2.75, 3.05) is 12.4 Å². The third-order valence-electron chi connectivity index (χ3n) is 4.45. The van der Waals surface area contributed by atoms with Gasteiger partial charge in [-0.05, 0) is 45.8 Å². The fourth-order valence-corrected chi connectivity index (χ4v) is 3.20. The van der Waals surface area contributed by atoms with E-state index >= 15 is 0 Å². The predicted octanol–water partition coefficient (Wildman–Crippen LogP) is 4.22. The van der Waals surface area contributed by atoms with Gasteiger partial charge < -0.3 is 5.32 Å². The summed E-state index contributed by atoms with van der Waals surface area (Å²) in [5.74, 6) is 0.632. The van der Waals surface area contributed by atoms with Gasteiger partial charge in [0, 0.05) is 42.3 Å². The van der Waals surface area contributed by atoms with Crippen LogP contribution in [0, 0.1) is 0 Å². The molecular formula is C22H18BrN5O. The first kappa shape index (κ1) is 19.0. The van der Waals surface area contributed by atoms with Crippen molar-refractivity contribution in [3.63, 3.8) is 0 Å². The Morgan fingerprint density at radius 3 is 2.52 bits per heavy atom. The maximum atomic E-state index is 12.4. The molecule has 2 aromatic carbocycles. The summed E-state index contributed by atoms with van der Waals surface area (Å²) in [5.41, 5.74) is 4.37. The molecule has 0 aliphatic heterocycles. The number of aromatic nitrogens is 4. The molecule has 1 N–H and O–H groups in total. The minimum atomic E-state index is -0.149. The van der Waals surface area contributed by atoms with E-state index in [9.17, 15) is 4.79 Å². The summed E-state index contributed by atoms with van der Waals surface area (Å²) < 4.78 is 2.30. The molecule has 0 unspecified atom stereocenters. The summed E-state index contributed by atoms with van der Waals surface area (Å²) >= 11 is 3.34. The zero-order chi connectivity index (χ0) is 20.2. The lowest BCUT2D eigenvalue weighted by atomic mass is 10.1. The highest BCUT2D eigenvalue weighted by atomic mass is 79.9. The molecule has 0 spiro atoms. The maximum Gasteiger partial charge on any atom is 0.267 e. The van der Waals surface area contributed by atoms with Crippen molar-refractivity contribution in [2.45, 2.75) is 6.54 Å². The van der Waals surface area contributed by atoms with Crippen LogP contribution < -0.4 is 10.9 Å². The van der Waals surface area contributed by atoms with Crippen LogP contribution in [0.2, 0.25) is 0 Å². The highest BCUT2D eigenvalue weighted by Crippen LogP contribution is 2.20. The lowest BCUT2D eigenvalue weighted by molar-refractivity contribution is 0.643. The van der Waals surface area contributed by atoms with E-state index in [0.29, 0.717) is 12.4 Å². The maximum absolute atomic E-state index is 12.4. The van der Waals surface area contributed by atoms with Gasteiger partial charge in [0.25, 0.3) is 5.56 Å². The first-order valence-electron chi connectivity index (χ1n) is 9.05. The number of nitrogens with one attached hydrogen (secondary N) is 1. The van der Waals surface area contributed by atoms with E-state index in [1.807, 2.05) is 55.6 Å². The number of rotatable bonds is 5. The average molecular weight is 448 g/mol. The molecule has 7 heteroatoms. The molecule has 144 valence electrons. The molecule has 0 fully saturated rings. The normalized spacial score (nSPS) is 10.7. The molecule has 6 nitrogen and oxygen atoms in total. The van der Waals surface area contributed by atoms with Gasteiger partial charge in [-0.2, -0.15) is 5.10 Å². The number of hydrogen-bond donors (Lipinski definition) is 1. The van der Waals surface area contributed by atoms with Crippen molar-refractivity contribution in [1.29, 1.82) is 0 Å². The Kier molecular flexibility index (Phi) is 5.48. The van der Waals surface area contributed by atoms with E-state index in [1.54, 1.807) is 24.5 Å². The minimum Gasteiger partial charge on any atom is -0.388 e. The molecule has 0 radical (unpaired) electrons. The number of benzene rings is 2. The zero-order valence-electron chi connectivity index (χ0n) is 15.7. The van der Waals surface area contributed by atoms with Crippen LogP contribution >= 0.6 is 15.9 Å². The van der Waals surface area contributed by atoms with Crippen molar-refractivity contribution in [3.05, 3.63) is 93.4 Å². The summed E-state index contributed by atoms with van der Waals surface area (Å²) in [6, 6.07) is 19.0. The molecule has 0 saturated carbocycles. The van der Waals surface area contributed by atoms with Gasteiger partial charge in [0.05, 0.1) is 16.7 Å². The fraction of sp³-hybridized carbons (Fsp3) is 0.0909. The largest absolute Gasteiger partial charge is 0.388 e. The van der Waals surface area contributed by atoms with E-state index in [0.717, 1.165) is 32.5 Å². The summed E-state index contributed by atoms with van der Waals surface area (Å²) in [6.45, 7) is 0.364. The first-order valence-corrected chi connectivity index (χ1v) is 9.85. The van der Waals surface area contributed by atoms with Gasteiger partial charge in [0.1, 0.15) is 0 Å². The van der Waals surface area contributed by atoms with Crippen LogP contribution in [0.3, 0.4) is 0 Å². The van der Waals surface area contributed by atoms with E-state index in [2.05, 4.69) is 36.3 Å². The molecular weight excluding hydrogens is 430 g/mol. The van der Waals surface area contributed by atoms with Crippen LogP contribution in [0.4, 0.5) is 5.69 Å². The van der Waals surface area contributed by atoms with E-state index < -0.39 is 0 Å². The molecule has 29 heavy (non-hydrogen) atoms. The first-order chi connectivity index (χ1) is 14.1. The van der Waals surface area contributed by atoms with Crippen LogP contribution in [0.1, 0.15) is 5.56 Å². The average Bonchev–Trinajstić information content (AvgIpc) is 2.76. The lowest BCUT2D eigenvalue weighted by Crippen LogP contribution is -2.22. The van der Waals surface area contributed by atoms with Gasteiger partial charge in [-0.15, -0.1) is 0 Å². The molecule has 4 rings (SSSR count). The molecule has 0 bridgehead atoms. The van der Waals surface area contributed by atoms with Crippen LogP contribution in [0.15, 0.2) is 82.3 Å². The summed E-state index contributed by atoms with van der Waals surface area (Å²) in [4.78, 5) is 21.1. The Bertz CT molecular complexity index is 1200. The predicted molar refractivity (Wildman–Crippen MR) is 118 cm³/mol. The van der Waals surface area contributed by atoms with Crippen molar-refractivity contribution >= 4 is 21.6 Å². The third-order valence-corrected chi connectivity index (χ3v) is 4.86. The summed E-state index contributed by atoms with van der Waals surface area (Å²) in [7, 11) is 1.87. The zero-order valence-corrected chi connectivity index (χ0v) is 17.3. The lowest BCUT2D eigenvalue weighted by Gasteiger charge is -2.09. The quantitative estimate of drug-likeness (QED) is 0.495. The molecule has 0 aliphatic carbocycles. The van der Waals surface area contributed by atoms with Crippen molar-refractivity contribution in [1.82, 2.24) is 19.7 Å². The van der Waals surface area contributed by atoms with E-state index in [1.165, 1.54) is 4.68 Å². The Morgan fingerprint density at radius 2 is 1.72 bits per heavy atom. The van der Waals surface area contributed by atoms with Gasteiger partial charge in [-0.3, -0.25) is 4.79 Å². The molecule has 0 amide bonds. The van der Waals surface area contributed by atoms with Gasteiger partial charge in [-0.1, -0.05) is 30.3 Å². The van der Waals surface area contributed by atoms with Crippen LogP contribution in [-0.2, 0) is 6.54 Å². The standard InChI is InChI=1S/C22H18BrN5O/c1-24-19-7-3-5-16(11-19)20-8-9-21(29)28(27-20)14-15-4-2-6-17(10-15)22-25-12-18(23)13-26-22/h2-13,24H,14H2,1H3. The minimum absolute atomic E-state index is 0.149. The SMILES string of the molecule is CNc1cccc(-c2ccc(=O)n(Cc3cccc(-c4ncc(Br)cn4)c3)n2)c1. The topological polar surface area (TPSA) is 72.7 Å². The smallest absolute Gasteiger partial charge is 0.267 e. The molecule has 2 aromatic heterocycles. The second kappa shape index (κ2) is 8.36. The van der Waals surface area contributed by atoms with Gasteiger partial charge >= 0.3 is 0 Å². The number of anilines is 1. The fourth-order valence-electron chi connectivity index (χ4n) is 2.99. The van der Waals surface area contributed by atoms with Gasteiger partial charge in [-0.25, -0.2) is 14.6 Å². The molecule has 0 aliphatic rings. The molecule has 2 heterocycles. The van der Waals surface area contributed by atoms with Gasteiger partial charge in [0.2, 0.25) is 0 Å². The Balaban J connectivity index is 1.65. The van der Waals surface area contributed by atoms with Crippen LogP contribution in [0.25, 0.3) is 22.6 Å². The number of halogens is 1. The van der Waals surface area contributed by atoms with Crippen molar-refractivity contribution < 1.29 is 0 Å². The Hall–Kier alpha value is -3.32. The number of nitrogens with zero attached hydrogens (tertiary/aromatic N) is 4. The van der Waals surface area contributed by atoms with Crippen LogP contribution in [0.5, 0.6) is 0 Å². The molecule has 4 aromatic rings. The monoisotopic (exact) mass is 447 g/mol. The van der Waals surface area contributed by atoms with Crippen molar-refractivity contribution in [3.8, 4) is 22.6 Å².